The van der Waals surface area contributed by atoms with Gasteiger partial charge in [0.25, 0.3) is 0 Å². The first kappa shape index (κ1) is 17.6. The van der Waals surface area contributed by atoms with Crippen LogP contribution in [0, 0.1) is 0 Å². The molecule has 0 bridgehead atoms. The molecule has 2 aromatic rings. The molecule has 0 amide bonds. The molecule has 0 spiro atoms. The molecule has 0 unspecified atom stereocenters. The second kappa shape index (κ2) is 7.65. The van der Waals surface area contributed by atoms with E-state index in [9.17, 15) is 0 Å². The van der Waals surface area contributed by atoms with E-state index in [1.807, 2.05) is 18.2 Å². The van der Waals surface area contributed by atoms with Crippen molar-refractivity contribution in [2.45, 2.75) is 43.5 Å². The molecule has 0 aliphatic carbocycles. The van der Waals surface area contributed by atoms with Gasteiger partial charge in [-0.3, -0.25) is 0 Å². The van der Waals surface area contributed by atoms with E-state index in [1.54, 1.807) is 0 Å². The van der Waals surface area contributed by atoms with Crippen LogP contribution in [0.2, 0.25) is 0 Å². The number of ether oxygens (including phenoxy) is 1. The fourth-order valence-electron chi connectivity index (χ4n) is 2.30. The summed E-state index contributed by atoms with van der Waals surface area (Å²) in [5.74, 6) is 0.991. The predicted molar refractivity (Wildman–Crippen MR) is 101 cm³/mol. The predicted octanol–water partition coefficient (Wildman–Crippen LogP) is 6.35. The molecule has 2 aromatic carbocycles. The van der Waals surface area contributed by atoms with Crippen LogP contribution in [0.3, 0.4) is 0 Å². The topological polar surface area (TPSA) is 9.23 Å². The molecule has 0 aliphatic heterocycles. The van der Waals surface area contributed by atoms with Crippen LogP contribution >= 0.6 is 31.9 Å². The third kappa shape index (κ3) is 4.36. The maximum absolute atomic E-state index is 6.14. The van der Waals surface area contributed by atoms with Crippen molar-refractivity contribution in [3.8, 4) is 5.75 Å². The maximum Gasteiger partial charge on any atom is 0.127 e. The molecule has 0 atom stereocenters. The monoisotopic (exact) mass is 424 g/mol. The molecule has 0 N–H and O–H groups in total. The van der Waals surface area contributed by atoms with Crippen LogP contribution in [-0.4, -0.2) is 0 Å². The number of benzene rings is 2. The lowest BCUT2D eigenvalue weighted by molar-refractivity contribution is 0.301. The summed E-state index contributed by atoms with van der Waals surface area (Å²) in [6, 6.07) is 14.8. The Hall–Kier alpha value is -0.800. The minimum Gasteiger partial charge on any atom is -0.488 e. The molecule has 118 valence electrons. The number of halogens is 2. The van der Waals surface area contributed by atoms with Crippen LogP contribution in [0.4, 0.5) is 0 Å². The summed E-state index contributed by atoms with van der Waals surface area (Å²) in [5, 5.41) is 1.59. The van der Waals surface area contributed by atoms with Gasteiger partial charge in [-0.15, -0.1) is 0 Å². The van der Waals surface area contributed by atoms with E-state index < -0.39 is 0 Å². The van der Waals surface area contributed by atoms with Gasteiger partial charge in [0.2, 0.25) is 0 Å². The van der Waals surface area contributed by atoms with Gasteiger partial charge in [0.15, 0.2) is 0 Å². The highest BCUT2D eigenvalue weighted by Crippen LogP contribution is 2.34. The first-order valence-electron chi connectivity index (χ1n) is 7.40. The molecule has 0 heterocycles. The largest absolute Gasteiger partial charge is 0.488 e. The highest BCUT2D eigenvalue weighted by atomic mass is 79.9. The zero-order valence-electron chi connectivity index (χ0n) is 13.3. The Morgan fingerprint density at radius 3 is 1.91 bits per heavy atom. The van der Waals surface area contributed by atoms with Gasteiger partial charge in [-0.05, 0) is 16.5 Å². The average molecular weight is 426 g/mol. The molecule has 0 aliphatic rings. The van der Waals surface area contributed by atoms with Gasteiger partial charge in [-0.2, -0.15) is 0 Å². The smallest absolute Gasteiger partial charge is 0.127 e. The summed E-state index contributed by atoms with van der Waals surface area (Å²) in [7, 11) is 0. The normalized spacial score (nSPS) is 11.5. The summed E-state index contributed by atoms with van der Waals surface area (Å²) in [6.45, 7) is 7.31. The summed E-state index contributed by atoms with van der Waals surface area (Å²) in [6.07, 6.45) is 0. The number of hydrogen-bond acceptors (Lipinski definition) is 1. The van der Waals surface area contributed by atoms with Gasteiger partial charge in [-0.1, -0.05) is 95.1 Å². The van der Waals surface area contributed by atoms with Crippen LogP contribution in [0.15, 0.2) is 42.5 Å². The quantitative estimate of drug-likeness (QED) is 0.506. The van der Waals surface area contributed by atoms with E-state index in [0.717, 1.165) is 16.4 Å². The molecule has 0 radical (unpaired) electrons. The van der Waals surface area contributed by atoms with E-state index in [-0.39, 0.29) is 5.41 Å². The standard InChI is InChI=1S/C19H22Br2O/c1-19(2,3)17-9-15(11-20)18(16(10-17)12-21)22-13-14-7-5-4-6-8-14/h4-10H,11-13H2,1-3H3. The molecule has 3 heteroatoms. The van der Waals surface area contributed by atoms with Gasteiger partial charge in [0.05, 0.1) is 0 Å². The molecular formula is C19H22Br2O. The van der Waals surface area contributed by atoms with Gasteiger partial charge in [0.1, 0.15) is 12.4 Å². The van der Waals surface area contributed by atoms with Crippen molar-refractivity contribution in [2.75, 3.05) is 0 Å². The molecule has 0 saturated carbocycles. The van der Waals surface area contributed by atoms with Gasteiger partial charge in [-0.25, -0.2) is 0 Å². The number of rotatable bonds is 5. The molecule has 2 rings (SSSR count). The Bertz CT molecular complexity index is 590. The fourth-order valence-corrected chi connectivity index (χ4v) is 3.13. The zero-order chi connectivity index (χ0) is 16.2. The first-order chi connectivity index (χ1) is 10.5. The van der Waals surface area contributed by atoms with E-state index in [4.69, 9.17) is 4.74 Å². The Kier molecular flexibility index (Phi) is 6.10. The van der Waals surface area contributed by atoms with Crippen LogP contribution in [0.5, 0.6) is 5.75 Å². The van der Waals surface area contributed by atoms with Crippen molar-refractivity contribution < 1.29 is 4.74 Å². The van der Waals surface area contributed by atoms with Crippen LogP contribution in [0.25, 0.3) is 0 Å². The van der Waals surface area contributed by atoms with Crippen molar-refractivity contribution in [1.29, 1.82) is 0 Å². The van der Waals surface area contributed by atoms with Crippen LogP contribution in [0.1, 0.15) is 43.0 Å². The van der Waals surface area contributed by atoms with Crippen molar-refractivity contribution in [2.24, 2.45) is 0 Å². The SMILES string of the molecule is CC(C)(C)c1cc(CBr)c(OCc2ccccc2)c(CBr)c1. The molecular weight excluding hydrogens is 404 g/mol. The third-order valence-electron chi connectivity index (χ3n) is 3.62. The lowest BCUT2D eigenvalue weighted by atomic mass is 9.85. The van der Waals surface area contributed by atoms with Crippen molar-refractivity contribution in [3.63, 3.8) is 0 Å². The van der Waals surface area contributed by atoms with E-state index in [1.165, 1.54) is 22.3 Å². The summed E-state index contributed by atoms with van der Waals surface area (Å²) < 4.78 is 6.14. The minimum atomic E-state index is 0.131. The molecule has 0 aromatic heterocycles. The Balaban J connectivity index is 2.33. The lowest BCUT2D eigenvalue weighted by Gasteiger charge is -2.23. The number of alkyl halides is 2. The first-order valence-corrected chi connectivity index (χ1v) is 9.65. The second-order valence-electron chi connectivity index (χ2n) is 6.42. The Labute approximate surface area is 150 Å². The highest BCUT2D eigenvalue weighted by Gasteiger charge is 2.19. The highest BCUT2D eigenvalue weighted by molar-refractivity contribution is 9.08. The maximum atomic E-state index is 6.14. The minimum absolute atomic E-state index is 0.131. The van der Waals surface area contributed by atoms with Gasteiger partial charge < -0.3 is 4.74 Å². The number of hydrogen-bond donors (Lipinski definition) is 0. The molecule has 0 fully saturated rings. The summed E-state index contributed by atoms with van der Waals surface area (Å²) in [5.41, 5.74) is 5.06. The summed E-state index contributed by atoms with van der Waals surface area (Å²) >= 11 is 7.21. The third-order valence-corrected chi connectivity index (χ3v) is 4.83. The molecule has 1 nitrogen and oxygen atoms in total. The van der Waals surface area contributed by atoms with Crippen LogP contribution in [-0.2, 0) is 22.7 Å². The van der Waals surface area contributed by atoms with E-state index >= 15 is 0 Å². The van der Waals surface area contributed by atoms with Gasteiger partial charge >= 0.3 is 0 Å². The second-order valence-corrected chi connectivity index (χ2v) is 7.54. The van der Waals surface area contributed by atoms with E-state index in [0.29, 0.717) is 6.61 Å². The lowest BCUT2D eigenvalue weighted by Crippen LogP contribution is -2.13. The van der Waals surface area contributed by atoms with E-state index in [2.05, 4.69) is 76.9 Å². The van der Waals surface area contributed by atoms with Crippen molar-refractivity contribution >= 4 is 31.9 Å². The average Bonchev–Trinajstić information content (AvgIpc) is 2.52. The Morgan fingerprint density at radius 1 is 0.909 bits per heavy atom. The van der Waals surface area contributed by atoms with Crippen molar-refractivity contribution in [3.05, 3.63) is 64.7 Å². The Morgan fingerprint density at radius 2 is 1.45 bits per heavy atom. The fraction of sp³-hybridized carbons (Fsp3) is 0.368. The summed E-state index contributed by atoms with van der Waals surface area (Å²) in [4.78, 5) is 0. The molecule has 22 heavy (non-hydrogen) atoms. The molecule has 0 saturated heterocycles. The van der Waals surface area contributed by atoms with Crippen LogP contribution < -0.4 is 4.74 Å². The van der Waals surface area contributed by atoms with Gasteiger partial charge in [0, 0.05) is 21.8 Å². The van der Waals surface area contributed by atoms with Crippen molar-refractivity contribution in [1.82, 2.24) is 0 Å². The zero-order valence-corrected chi connectivity index (χ0v) is 16.5.